The summed E-state index contributed by atoms with van der Waals surface area (Å²) in [5, 5.41) is 8.57. The van der Waals surface area contributed by atoms with Gasteiger partial charge in [0.1, 0.15) is 0 Å². The van der Waals surface area contributed by atoms with Crippen LogP contribution in [0, 0.1) is 5.41 Å². The quantitative estimate of drug-likeness (QED) is 0.658. The van der Waals surface area contributed by atoms with Gasteiger partial charge < -0.3 is 9.84 Å². The second-order valence-electron chi connectivity index (χ2n) is 3.14. The van der Waals surface area contributed by atoms with Gasteiger partial charge in [-0.05, 0) is 6.92 Å². The first-order valence-corrected chi connectivity index (χ1v) is 3.59. The number of alkyl halides is 2. The highest BCUT2D eigenvalue weighted by Gasteiger charge is 2.57. The zero-order chi connectivity index (χ0) is 9.41. The van der Waals surface area contributed by atoms with E-state index in [0.717, 1.165) is 6.92 Å². The van der Waals surface area contributed by atoms with Crippen LogP contribution in [0.5, 0.6) is 0 Å². The van der Waals surface area contributed by atoms with Gasteiger partial charge in [0, 0.05) is 6.42 Å². The van der Waals surface area contributed by atoms with Gasteiger partial charge in [0.25, 0.3) is 5.92 Å². The predicted molar refractivity (Wildman–Crippen MR) is 36.1 cm³/mol. The monoisotopic (exact) mass is 180 g/mol. The van der Waals surface area contributed by atoms with Crippen molar-refractivity contribution in [1.29, 1.82) is 0 Å². The van der Waals surface area contributed by atoms with E-state index in [2.05, 4.69) is 0 Å². The maximum Gasteiger partial charge on any atom is 0.317 e. The number of hydrogen-bond donors (Lipinski definition) is 1. The van der Waals surface area contributed by atoms with E-state index in [1.165, 1.54) is 0 Å². The molecule has 0 bridgehead atoms. The second-order valence-corrected chi connectivity index (χ2v) is 3.14. The lowest BCUT2D eigenvalue weighted by atomic mass is 9.81. The molecule has 0 aromatic heterocycles. The van der Waals surface area contributed by atoms with Gasteiger partial charge in [0.05, 0.1) is 13.2 Å². The highest BCUT2D eigenvalue weighted by molar-refractivity contribution is 5.75. The molecule has 0 saturated carbocycles. The summed E-state index contributed by atoms with van der Waals surface area (Å²) in [7, 11) is 0. The maximum atomic E-state index is 13.0. The minimum absolute atomic E-state index is 0.0735. The summed E-state index contributed by atoms with van der Waals surface area (Å²) in [6, 6.07) is 0. The predicted octanol–water partition coefficient (Wildman–Crippen LogP) is 1.13. The van der Waals surface area contributed by atoms with Crippen molar-refractivity contribution in [2.45, 2.75) is 19.3 Å². The third-order valence-corrected chi connectivity index (χ3v) is 2.23. The Labute approximate surface area is 68.3 Å². The van der Waals surface area contributed by atoms with Crippen molar-refractivity contribution in [2.24, 2.45) is 5.41 Å². The Morgan fingerprint density at radius 3 is 2.50 bits per heavy atom. The molecule has 1 heterocycles. The topological polar surface area (TPSA) is 46.5 Å². The van der Waals surface area contributed by atoms with Crippen molar-refractivity contribution >= 4 is 5.97 Å². The SMILES string of the molecule is CC1(C(=O)O)COCCC1(F)F. The molecule has 70 valence electrons. The molecule has 0 aromatic carbocycles. The van der Waals surface area contributed by atoms with Crippen LogP contribution in [0.2, 0.25) is 0 Å². The molecule has 1 unspecified atom stereocenters. The summed E-state index contributed by atoms with van der Waals surface area (Å²) in [5.41, 5.74) is -2.06. The number of carboxylic acid groups (broad SMARTS) is 1. The normalized spacial score (nSPS) is 34.6. The first kappa shape index (κ1) is 9.38. The fourth-order valence-electron chi connectivity index (χ4n) is 1.08. The van der Waals surface area contributed by atoms with Gasteiger partial charge in [-0.2, -0.15) is 0 Å². The molecule has 1 rings (SSSR count). The van der Waals surface area contributed by atoms with Crippen molar-refractivity contribution in [3.8, 4) is 0 Å². The lowest BCUT2D eigenvalue weighted by molar-refractivity contribution is -0.209. The number of halogens is 2. The Kier molecular flexibility index (Phi) is 2.07. The highest BCUT2D eigenvalue weighted by atomic mass is 19.3. The summed E-state index contributed by atoms with van der Waals surface area (Å²) in [6.07, 6.45) is -0.518. The van der Waals surface area contributed by atoms with Gasteiger partial charge in [-0.3, -0.25) is 4.79 Å². The molecule has 0 aliphatic carbocycles. The average molecular weight is 180 g/mol. The molecular weight excluding hydrogens is 170 g/mol. The van der Waals surface area contributed by atoms with Gasteiger partial charge in [0.15, 0.2) is 5.41 Å². The van der Waals surface area contributed by atoms with Crippen LogP contribution in [0.4, 0.5) is 8.78 Å². The Hall–Kier alpha value is -0.710. The van der Waals surface area contributed by atoms with E-state index >= 15 is 0 Å². The first-order chi connectivity index (χ1) is 5.40. The molecule has 12 heavy (non-hydrogen) atoms. The molecule has 1 aliphatic heterocycles. The molecule has 1 atom stereocenters. The minimum Gasteiger partial charge on any atom is -0.481 e. The first-order valence-electron chi connectivity index (χ1n) is 3.59. The molecule has 1 fully saturated rings. The minimum atomic E-state index is -3.17. The smallest absolute Gasteiger partial charge is 0.317 e. The van der Waals surface area contributed by atoms with Crippen LogP contribution in [0.1, 0.15) is 13.3 Å². The van der Waals surface area contributed by atoms with E-state index in [1.807, 2.05) is 0 Å². The van der Waals surface area contributed by atoms with E-state index in [4.69, 9.17) is 9.84 Å². The second kappa shape index (κ2) is 2.65. The lowest BCUT2D eigenvalue weighted by Gasteiger charge is -2.37. The third-order valence-electron chi connectivity index (χ3n) is 2.23. The molecule has 1 saturated heterocycles. The third kappa shape index (κ3) is 1.18. The van der Waals surface area contributed by atoms with E-state index < -0.39 is 30.3 Å². The van der Waals surface area contributed by atoms with Crippen LogP contribution in [0.15, 0.2) is 0 Å². The fourth-order valence-corrected chi connectivity index (χ4v) is 1.08. The van der Waals surface area contributed by atoms with Gasteiger partial charge in [0.2, 0.25) is 0 Å². The van der Waals surface area contributed by atoms with Gasteiger partial charge in [-0.25, -0.2) is 8.78 Å². The Balaban J connectivity index is 2.91. The molecule has 1 aliphatic rings. The Morgan fingerprint density at radius 1 is 1.58 bits per heavy atom. The zero-order valence-electron chi connectivity index (χ0n) is 6.64. The molecule has 0 amide bonds. The Bertz CT molecular complexity index is 205. The highest BCUT2D eigenvalue weighted by Crippen LogP contribution is 2.42. The average Bonchev–Trinajstić information content (AvgIpc) is 1.95. The van der Waals surface area contributed by atoms with E-state index in [9.17, 15) is 13.6 Å². The molecule has 0 aromatic rings. The zero-order valence-corrected chi connectivity index (χ0v) is 6.64. The fraction of sp³-hybridized carbons (Fsp3) is 0.857. The summed E-state index contributed by atoms with van der Waals surface area (Å²) >= 11 is 0. The van der Waals surface area contributed by atoms with Crippen molar-refractivity contribution in [2.75, 3.05) is 13.2 Å². The Morgan fingerprint density at radius 2 is 2.17 bits per heavy atom. The molecule has 3 nitrogen and oxygen atoms in total. The largest absolute Gasteiger partial charge is 0.481 e. The number of carbonyl (C=O) groups is 1. The standard InChI is InChI=1S/C7H10F2O3/c1-6(5(10)11)4-12-3-2-7(6,8)9/h2-4H2,1H3,(H,10,11). The van der Waals surface area contributed by atoms with Crippen LogP contribution in [-0.4, -0.2) is 30.2 Å². The van der Waals surface area contributed by atoms with E-state index in [1.54, 1.807) is 0 Å². The van der Waals surface area contributed by atoms with Crippen LogP contribution in [0.25, 0.3) is 0 Å². The summed E-state index contributed by atoms with van der Waals surface area (Å²) < 4.78 is 30.8. The number of hydrogen-bond acceptors (Lipinski definition) is 2. The summed E-state index contributed by atoms with van der Waals surface area (Å²) in [6.45, 7) is 0.514. The van der Waals surface area contributed by atoms with E-state index in [-0.39, 0.29) is 6.61 Å². The number of ether oxygens (including phenoxy) is 1. The van der Waals surface area contributed by atoms with Gasteiger partial charge in [-0.1, -0.05) is 0 Å². The van der Waals surface area contributed by atoms with Gasteiger partial charge >= 0.3 is 5.97 Å². The van der Waals surface area contributed by atoms with Crippen LogP contribution < -0.4 is 0 Å². The molecule has 1 N–H and O–H groups in total. The van der Waals surface area contributed by atoms with Crippen molar-refractivity contribution in [1.82, 2.24) is 0 Å². The number of carboxylic acids is 1. The molecule has 0 radical (unpaired) electrons. The summed E-state index contributed by atoms with van der Waals surface area (Å²) in [4.78, 5) is 10.5. The molecule has 5 heteroatoms. The molecular formula is C7H10F2O3. The van der Waals surface area contributed by atoms with Crippen LogP contribution in [-0.2, 0) is 9.53 Å². The van der Waals surface area contributed by atoms with Crippen molar-refractivity contribution in [3.63, 3.8) is 0 Å². The van der Waals surface area contributed by atoms with Crippen molar-refractivity contribution in [3.05, 3.63) is 0 Å². The lowest BCUT2D eigenvalue weighted by Crippen LogP contribution is -2.52. The number of rotatable bonds is 1. The van der Waals surface area contributed by atoms with Crippen LogP contribution >= 0.6 is 0 Å². The van der Waals surface area contributed by atoms with Crippen LogP contribution in [0.3, 0.4) is 0 Å². The number of aliphatic carboxylic acids is 1. The maximum absolute atomic E-state index is 13.0. The molecule has 0 spiro atoms. The van der Waals surface area contributed by atoms with Crippen molar-refractivity contribution < 1.29 is 23.4 Å². The van der Waals surface area contributed by atoms with Gasteiger partial charge in [-0.15, -0.1) is 0 Å². The van der Waals surface area contributed by atoms with E-state index in [0.29, 0.717) is 0 Å². The summed E-state index contributed by atoms with van der Waals surface area (Å²) in [5.74, 6) is -4.68.